The number of rotatable bonds is 6. The van der Waals surface area contributed by atoms with Crippen molar-refractivity contribution in [2.75, 3.05) is 44.2 Å². The molecule has 0 unspecified atom stereocenters. The molecule has 2 N–H and O–H groups in total. The molecule has 1 aliphatic rings. The Kier molecular flexibility index (Phi) is 6.21. The second-order valence-electron chi connectivity index (χ2n) is 5.50. The summed E-state index contributed by atoms with van der Waals surface area (Å²) < 4.78 is 0. The highest BCUT2D eigenvalue weighted by molar-refractivity contribution is 5.42. The van der Waals surface area contributed by atoms with E-state index in [-0.39, 0.29) is 0 Å². The summed E-state index contributed by atoms with van der Waals surface area (Å²) in [7, 11) is 0. The zero-order valence-corrected chi connectivity index (χ0v) is 12.6. The normalized spacial score (nSPS) is 17.2. The number of aromatic nitrogens is 2. The molecule has 0 amide bonds. The largest absolute Gasteiger partial charge is 0.354 e. The van der Waals surface area contributed by atoms with Gasteiger partial charge in [-0.2, -0.15) is 0 Å². The van der Waals surface area contributed by atoms with Crippen LogP contribution in [0.25, 0.3) is 0 Å². The van der Waals surface area contributed by atoms with E-state index in [9.17, 15) is 0 Å². The molecule has 112 valence electrons. The van der Waals surface area contributed by atoms with Crippen LogP contribution in [0.1, 0.15) is 31.4 Å². The molecule has 1 aromatic heterocycles. The van der Waals surface area contributed by atoms with Crippen LogP contribution in [0.5, 0.6) is 0 Å². The maximum Gasteiger partial charge on any atom is 0.150 e. The number of hydrogen-bond donors (Lipinski definition) is 1. The summed E-state index contributed by atoms with van der Waals surface area (Å²) in [5.41, 5.74) is 6.57. The number of aryl methyl sites for hydroxylation is 1. The van der Waals surface area contributed by atoms with Crippen molar-refractivity contribution in [3.8, 4) is 0 Å². The number of anilines is 1. The van der Waals surface area contributed by atoms with Crippen molar-refractivity contribution in [2.24, 2.45) is 5.73 Å². The lowest BCUT2D eigenvalue weighted by Gasteiger charge is -2.23. The van der Waals surface area contributed by atoms with Crippen molar-refractivity contribution in [3.63, 3.8) is 0 Å². The highest BCUT2D eigenvalue weighted by Gasteiger charge is 2.17. The smallest absolute Gasteiger partial charge is 0.150 e. The van der Waals surface area contributed by atoms with Gasteiger partial charge in [0.15, 0.2) is 0 Å². The summed E-state index contributed by atoms with van der Waals surface area (Å²) in [5.74, 6) is 1.05. The van der Waals surface area contributed by atoms with Crippen LogP contribution < -0.4 is 10.6 Å². The van der Waals surface area contributed by atoms with E-state index in [1.165, 1.54) is 32.4 Å². The predicted octanol–water partition coefficient (Wildman–Crippen LogP) is 1.43. The molecule has 2 heterocycles. The summed E-state index contributed by atoms with van der Waals surface area (Å²) in [6.45, 7) is 8.51. The first-order valence-corrected chi connectivity index (χ1v) is 7.76. The molecule has 0 saturated carbocycles. The van der Waals surface area contributed by atoms with Crippen molar-refractivity contribution >= 4 is 5.82 Å². The average Bonchev–Trinajstić information content (AvgIpc) is 2.70. The maximum atomic E-state index is 5.54. The summed E-state index contributed by atoms with van der Waals surface area (Å²) >= 11 is 0. The molecule has 1 fully saturated rings. The number of hydrogen-bond acceptors (Lipinski definition) is 5. The Morgan fingerprint density at radius 1 is 1.05 bits per heavy atom. The Labute approximate surface area is 122 Å². The van der Waals surface area contributed by atoms with E-state index in [4.69, 9.17) is 5.73 Å². The van der Waals surface area contributed by atoms with Crippen LogP contribution in [0.3, 0.4) is 0 Å². The van der Waals surface area contributed by atoms with Crippen LogP contribution in [-0.4, -0.2) is 54.1 Å². The second-order valence-corrected chi connectivity index (χ2v) is 5.50. The van der Waals surface area contributed by atoms with E-state index in [1.807, 2.05) is 6.92 Å². The lowest BCUT2D eigenvalue weighted by atomic mass is 10.2. The fourth-order valence-corrected chi connectivity index (χ4v) is 2.77. The summed E-state index contributed by atoms with van der Waals surface area (Å²) in [6, 6.07) is 0. The van der Waals surface area contributed by atoms with Crippen LogP contribution in [0.15, 0.2) is 12.4 Å². The monoisotopic (exact) mass is 277 g/mol. The molecule has 1 aliphatic heterocycles. The minimum Gasteiger partial charge on any atom is -0.354 e. The van der Waals surface area contributed by atoms with Gasteiger partial charge in [0.25, 0.3) is 0 Å². The first-order chi connectivity index (χ1) is 9.81. The third kappa shape index (κ3) is 4.42. The van der Waals surface area contributed by atoms with E-state index >= 15 is 0 Å². The molecule has 1 aromatic rings. The van der Waals surface area contributed by atoms with Gasteiger partial charge in [0.1, 0.15) is 5.82 Å². The van der Waals surface area contributed by atoms with E-state index in [0.717, 1.165) is 44.1 Å². The quantitative estimate of drug-likeness (QED) is 0.797. The van der Waals surface area contributed by atoms with Gasteiger partial charge in [-0.15, -0.1) is 0 Å². The molecule has 5 heteroatoms. The van der Waals surface area contributed by atoms with Crippen molar-refractivity contribution < 1.29 is 0 Å². The third-order valence-electron chi connectivity index (χ3n) is 3.92. The van der Waals surface area contributed by atoms with Gasteiger partial charge >= 0.3 is 0 Å². The lowest BCUT2D eigenvalue weighted by molar-refractivity contribution is 0.286. The second kappa shape index (κ2) is 8.17. The highest BCUT2D eigenvalue weighted by Crippen LogP contribution is 2.16. The lowest BCUT2D eigenvalue weighted by Crippen LogP contribution is -2.32. The molecular formula is C15H27N5. The first-order valence-electron chi connectivity index (χ1n) is 7.76. The molecule has 0 bridgehead atoms. The molecule has 1 saturated heterocycles. The standard InChI is InChI=1S/C15H27N5/c1-14-15(18-8-7-17-14)20-11-5-10-19(12-13-20)9-4-2-3-6-16/h7-8H,2-6,9-13,16H2,1H3. The zero-order valence-electron chi connectivity index (χ0n) is 12.6. The number of nitrogens with two attached hydrogens (primary N) is 1. The molecular weight excluding hydrogens is 250 g/mol. The molecule has 2 rings (SSSR count). The van der Waals surface area contributed by atoms with Crippen LogP contribution in [0.4, 0.5) is 5.82 Å². The van der Waals surface area contributed by atoms with E-state index in [2.05, 4.69) is 19.8 Å². The number of nitrogens with zero attached hydrogens (tertiary/aromatic N) is 4. The Balaban J connectivity index is 1.82. The highest BCUT2D eigenvalue weighted by atomic mass is 15.2. The van der Waals surface area contributed by atoms with Crippen molar-refractivity contribution in [1.29, 1.82) is 0 Å². The Morgan fingerprint density at radius 3 is 2.70 bits per heavy atom. The van der Waals surface area contributed by atoms with Gasteiger partial charge in [0.2, 0.25) is 0 Å². The molecule has 0 atom stereocenters. The Bertz CT molecular complexity index is 396. The topological polar surface area (TPSA) is 58.3 Å². The molecule has 20 heavy (non-hydrogen) atoms. The van der Waals surface area contributed by atoms with Crippen LogP contribution in [0.2, 0.25) is 0 Å². The van der Waals surface area contributed by atoms with Gasteiger partial charge in [0, 0.05) is 32.0 Å². The molecule has 0 aromatic carbocycles. The molecule has 0 aliphatic carbocycles. The van der Waals surface area contributed by atoms with E-state index in [0.29, 0.717) is 0 Å². The van der Waals surface area contributed by atoms with Crippen molar-refractivity contribution in [1.82, 2.24) is 14.9 Å². The first kappa shape index (κ1) is 15.2. The summed E-state index contributed by atoms with van der Waals surface area (Å²) in [6.07, 6.45) is 8.42. The molecule has 0 spiro atoms. The van der Waals surface area contributed by atoms with Crippen LogP contribution >= 0.6 is 0 Å². The van der Waals surface area contributed by atoms with Crippen LogP contribution in [-0.2, 0) is 0 Å². The SMILES string of the molecule is Cc1nccnc1N1CCCN(CCCCCN)CC1. The zero-order chi connectivity index (χ0) is 14.2. The fourth-order valence-electron chi connectivity index (χ4n) is 2.77. The average molecular weight is 277 g/mol. The van der Waals surface area contributed by atoms with E-state index in [1.54, 1.807) is 12.4 Å². The minimum atomic E-state index is 0.819. The van der Waals surface area contributed by atoms with Crippen molar-refractivity contribution in [3.05, 3.63) is 18.1 Å². The minimum absolute atomic E-state index is 0.819. The van der Waals surface area contributed by atoms with Gasteiger partial charge in [0.05, 0.1) is 5.69 Å². The van der Waals surface area contributed by atoms with Gasteiger partial charge in [-0.3, -0.25) is 4.98 Å². The van der Waals surface area contributed by atoms with Gasteiger partial charge < -0.3 is 15.5 Å². The Morgan fingerprint density at radius 2 is 1.90 bits per heavy atom. The third-order valence-corrected chi connectivity index (χ3v) is 3.92. The van der Waals surface area contributed by atoms with Crippen molar-refractivity contribution in [2.45, 2.75) is 32.6 Å². The maximum absolute atomic E-state index is 5.54. The number of unbranched alkanes of at least 4 members (excludes halogenated alkanes) is 2. The van der Waals surface area contributed by atoms with Crippen LogP contribution in [0, 0.1) is 6.92 Å². The summed E-state index contributed by atoms with van der Waals surface area (Å²) in [4.78, 5) is 13.8. The van der Waals surface area contributed by atoms with Gasteiger partial charge in [-0.25, -0.2) is 4.98 Å². The molecule has 0 radical (unpaired) electrons. The van der Waals surface area contributed by atoms with E-state index < -0.39 is 0 Å². The predicted molar refractivity (Wildman–Crippen MR) is 82.9 cm³/mol. The summed E-state index contributed by atoms with van der Waals surface area (Å²) in [5, 5.41) is 0. The fraction of sp³-hybridized carbons (Fsp3) is 0.733. The Hall–Kier alpha value is -1.20. The van der Waals surface area contributed by atoms with Gasteiger partial charge in [-0.05, 0) is 45.8 Å². The molecule has 5 nitrogen and oxygen atoms in total. The van der Waals surface area contributed by atoms with Gasteiger partial charge in [-0.1, -0.05) is 6.42 Å².